The standard InChI is InChI=1S/C12H18N2O3/c1-9(13-10-2-3-11(15)8-10)12(16)14-4-6-17-7-5-14/h8-9,13H,2-7H2,1H3. The molecule has 2 aliphatic rings. The largest absolute Gasteiger partial charge is 0.378 e. The van der Waals surface area contributed by atoms with Crippen LogP contribution < -0.4 is 5.32 Å². The topological polar surface area (TPSA) is 58.6 Å². The molecular formula is C12H18N2O3. The molecule has 1 unspecified atom stereocenters. The Bertz CT molecular complexity index is 346. The summed E-state index contributed by atoms with van der Waals surface area (Å²) < 4.78 is 5.21. The predicted octanol–water partition coefficient (Wildman–Crippen LogP) is 0.0701. The van der Waals surface area contributed by atoms with Crippen LogP contribution in [0.4, 0.5) is 0 Å². The fourth-order valence-electron chi connectivity index (χ4n) is 2.11. The van der Waals surface area contributed by atoms with E-state index in [1.165, 1.54) is 0 Å². The molecule has 5 heteroatoms. The molecule has 1 fully saturated rings. The van der Waals surface area contributed by atoms with E-state index in [-0.39, 0.29) is 17.7 Å². The number of carbonyl (C=O) groups excluding carboxylic acids is 2. The SMILES string of the molecule is CC(NC1=CC(=O)CC1)C(=O)N1CCOCC1. The Kier molecular flexibility index (Phi) is 3.78. The van der Waals surface area contributed by atoms with Gasteiger partial charge in [0.2, 0.25) is 5.91 Å². The first-order chi connectivity index (χ1) is 8.16. The van der Waals surface area contributed by atoms with Crippen molar-refractivity contribution in [3.8, 4) is 0 Å². The summed E-state index contributed by atoms with van der Waals surface area (Å²) in [5, 5.41) is 3.11. The summed E-state index contributed by atoms with van der Waals surface area (Å²) in [6.07, 6.45) is 2.88. The Morgan fingerprint density at radius 1 is 1.41 bits per heavy atom. The van der Waals surface area contributed by atoms with Crippen molar-refractivity contribution in [2.24, 2.45) is 0 Å². The summed E-state index contributed by atoms with van der Waals surface area (Å²) >= 11 is 0. The molecule has 1 heterocycles. The van der Waals surface area contributed by atoms with Crippen LogP contribution in [0.5, 0.6) is 0 Å². The van der Waals surface area contributed by atoms with Gasteiger partial charge in [-0.3, -0.25) is 9.59 Å². The molecule has 0 radical (unpaired) electrons. The van der Waals surface area contributed by atoms with Crippen LogP contribution in [0, 0.1) is 0 Å². The van der Waals surface area contributed by atoms with Gasteiger partial charge in [0.15, 0.2) is 5.78 Å². The molecule has 1 amide bonds. The molecule has 1 aliphatic carbocycles. The third-order valence-electron chi connectivity index (χ3n) is 3.07. The summed E-state index contributed by atoms with van der Waals surface area (Å²) in [6, 6.07) is -0.273. The van der Waals surface area contributed by atoms with Crippen molar-refractivity contribution in [1.82, 2.24) is 10.2 Å². The molecule has 5 nitrogen and oxygen atoms in total. The maximum atomic E-state index is 12.1. The zero-order chi connectivity index (χ0) is 12.3. The van der Waals surface area contributed by atoms with Crippen molar-refractivity contribution in [3.05, 3.63) is 11.8 Å². The molecular weight excluding hydrogens is 220 g/mol. The average Bonchev–Trinajstić information content (AvgIpc) is 2.75. The lowest BCUT2D eigenvalue weighted by molar-refractivity contribution is -0.136. The van der Waals surface area contributed by atoms with E-state index in [9.17, 15) is 9.59 Å². The van der Waals surface area contributed by atoms with Crippen molar-refractivity contribution in [1.29, 1.82) is 0 Å². The van der Waals surface area contributed by atoms with E-state index in [2.05, 4.69) is 5.32 Å². The predicted molar refractivity (Wildman–Crippen MR) is 62.3 cm³/mol. The van der Waals surface area contributed by atoms with Gasteiger partial charge in [0.1, 0.15) is 6.04 Å². The zero-order valence-corrected chi connectivity index (χ0v) is 10.1. The molecule has 2 rings (SSSR count). The number of allylic oxidation sites excluding steroid dienone is 2. The van der Waals surface area contributed by atoms with E-state index in [1.54, 1.807) is 11.0 Å². The van der Waals surface area contributed by atoms with Gasteiger partial charge in [0, 0.05) is 31.3 Å². The molecule has 1 aliphatic heterocycles. The smallest absolute Gasteiger partial charge is 0.244 e. The van der Waals surface area contributed by atoms with Crippen LogP contribution in [0.3, 0.4) is 0 Å². The summed E-state index contributed by atoms with van der Waals surface area (Å²) in [4.78, 5) is 24.9. The van der Waals surface area contributed by atoms with Gasteiger partial charge in [-0.25, -0.2) is 0 Å². The van der Waals surface area contributed by atoms with Crippen LogP contribution >= 0.6 is 0 Å². The maximum Gasteiger partial charge on any atom is 0.244 e. The molecule has 94 valence electrons. The van der Waals surface area contributed by atoms with Crippen LogP contribution in [0.15, 0.2) is 11.8 Å². The number of hydrogen-bond donors (Lipinski definition) is 1. The number of morpholine rings is 1. The van der Waals surface area contributed by atoms with Crippen LogP contribution in [0.2, 0.25) is 0 Å². The first-order valence-corrected chi connectivity index (χ1v) is 6.03. The molecule has 0 aromatic carbocycles. The molecule has 17 heavy (non-hydrogen) atoms. The van der Waals surface area contributed by atoms with Gasteiger partial charge in [0.25, 0.3) is 0 Å². The number of amides is 1. The van der Waals surface area contributed by atoms with Gasteiger partial charge in [0.05, 0.1) is 13.2 Å². The normalized spacial score (nSPS) is 22.3. The van der Waals surface area contributed by atoms with Gasteiger partial charge in [-0.05, 0) is 13.3 Å². The fraction of sp³-hybridized carbons (Fsp3) is 0.667. The Balaban J connectivity index is 1.86. The minimum Gasteiger partial charge on any atom is -0.378 e. The number of carbonyl (C=O) groups is 2. The van der Waals surface area contributed by atoms with Crippen LogP contribution in [0.1, 0.15) is 19.8 Å². The second-order valence-corrected chi connectivity index (χ2v) is 4.44. The lowest BCUT2D eigenvalue weighted by atomic mass is 10.2. The van der Waals surface area contributed by atoms with Gasteiger partial charge in [-0.1, -0.05) is 0 Å². The number of hydrogen-bond acceptors (Lipinski definition) is 4. The third kappa shape index (κ3) is 3.06. The second-order valence-electron chi connectivity index (χ2n) is 4.44. The van der Waals surface area contributed by atoms with Gasteiger partial charge in [-0.2, -0.15) is 0 Å². The minimum atomic E-state index is -0.273. The Morgan fingerprint density at radius 2 is 2.12 bits per heavy atom. The summed E-state index contributed by atoms with van der Waals surface area (Å²) in [5.41, 5.74) is 0.879. The number of rotatable bonds is 3. The van der Waals surface area contributed by atoms with Crippen molar-refractivity contribution in [3.63, 3.8) is 0 Å². The molecule has 0 spiro atoms. The number of ketones is 1. The Morgan fingerprint density at radius 3 is 2.71 bits per heavy atom. The Labute approximate surface area is 101 Å². The zero-order valence-electron chi connectivity index (χ0n) is 10.1. The highest BCUT2D eigenvalue weighted by Crippen LogP contribution is 2.13. The van der Waals surface area contributed by atoms with Crippen molar-refractivity contribution in [2.45, 2.75) is 25.8 Å². The number of nitrogens with one attached hydrogen (secondary N) is 1. The molecule has 0 saturated carbocycles. The molecule has 1 N–H and O–H groups in total. The van der Waals surface area contributed by atoms with E-state index in [4.69, 9.17) is 4.74 Å². The van der Waals surface area contributed by atoms with E-state index in [0.29, 0.717) is 32.7 Å². The van der Waals surface area contributed by atoms with Crippen molar-refractivity contribution in [2.75, 3.05) is 26.3 Å². The molecule has 0 aromatic heterocycles. The van der Waals surface area contributed by atoms with E-state index < -0.39 is 0 Å². The average molecular weight is 238 g/mol. The van der Waals surface area contributed by atoms with Crippen LogP contribution in [-0.4, -0.2) is 48.9 Å². The number of nitrogens with zero attached hydrogens (tertiary/aromatic N) is 1. The molecule has 1 saturated heterocycles. The summed E-state index contributed by atoms with van der Waals surface area (Å²) in [5.74, 6) is 0.215. The van der Waals surface area contributed by atoms with Crippen molar-refractivity contribution >= 4 is 11.7 Å². The van der Waals surface area contributed by atoms with Crippen molar-refractivity contribution < 1.29 is 14.3 Å². The minimum absolute atomic E-state index is 0.0774. The Hall–Kier alpha value is -1.36. The quantitative estimate of drug-likeness (QED) is 0.756. The van der Waals surface area contributed by atoms with E-state index in [0.717, 1.165) is 12.1 Å². The lowest BCUT2D eigenvalue weighted by Gasteiger charge is -2.29. The summed E-state index contributed by atoms with van der Waals surface area (Å²) in [6.45, 7) is 4.37. The number of ether oxygens (including phenoxy) is 1. The van der Waals surface area contributed by atoms with Gasteiger partial charge >= 0.3 is 0 Å². The first-order valence-electron chi connectivity index (χ1n) is 6.03. The van der Waals surface area contributed by atoms with E-state index in [1.807, 2.05) is 6.92 Å². The highest BCUT2D eigenvalue weighted by Gasteiger charge is 2.23. The monoisotopic (exact) mass is 238 g/mol. The molecule has 0 aromatic rings. The van der Waals surface area contributed by atoms with Crippen LogP contribution in [0.25, 0.3) is 0 Å². The second kappa shape index (κ2) is 5.31. The maximum absolute atomic E-state index is 12.1. The molecule has 0 bridgehead atoms. The van der Waals surface area contributed by atoms with E-state index >= 15 is 0 Å². The third-order valence-corrected chi connectivity index (χ3v) is 3.07. The first kappa shape index (κ1) is 12.1. The highest BCUT2D eigenvalue weighted by atomic mass is 16.5. The molecule has 1 atom stereocenters. The highest BCUT2D eigenvalue weighted by molar-refractivity contribution is 5.93. The summed E-state index contributed by atoms with van der Waals surface area (Å²) in [7, 11) is 0. The van der Waals surface area contributed by atoms with Gasteiger partial charge < -0.3 is 15.0 Å². The van der Waals surface area contributed by atoms with Gasteiger partial charge in [-0.15, -0.1) is 0 Å². The lowest BCUT2D eigenvalue weighted by Crippen LogP contribution is -2.48. The fourth-order valence-corrected chi connectivity index (χ4v) is 2.11. The van der Waals surface area contributed by atoms with Crippen LogP contribution in [-0.2, 0) is 14.3 Å².